The molecule has 0 aliphatic rings. The number of benzene rings is 2. The molecule has 0 amide bonds. The molecule has 1 heterocycles. The Morgan fingerprint density at radius 3 is 2.18 bits per heavy atom. The zero-order chi connectivity index (χ0) is 15.4. The van der Waals surface area contributed by atoms with Gasteiger partial charge in [-0.2, -0.15) is 0 Å². The van der Waals surface area contributed by atoms with Crippen LogP contribution >= 0.6 is 0 Å². The van der Waals surface area contributed by atoms with E-state index in [9.17, 15) is 0 Å². The first kappa shape index (κ1) is 14.4. The van der Waals surface area contributed by atoms with Gasteiger partial charge in [0, 0.05) is 17.0 Å². The molecule has 0 bridgehead atoms. The maximum absolute atomic E-state index is 5.63. The van der Waals surface area contributed by atoms with Gasteiger partial charge in [-0.3, -0.25) is 0 Å². The average Bonchev–Trinajstić information content (AvgIpc) is 2.55. The van der Waals surface area contributed by atoms with Crippen molar-refractivity contribution in [1.82, 2.24) is 4.98 Å². The molecule has 3 aromatic rings. The smallest absolute Gasteiger partial charge is 0.123 e. The van der Waals surface area contributed by atoms with Gasteiger partial charge >= 0.3 is 0 Å². The van der Waals surface area contributed by atoms with E-state index in [1.165, 1.54) is 0 Å². The van der Waals surface area contributed by atoms with Crippen LogP contribution in [0.4, 0.5) is 0 Å². The molecule has 0 saturated carbocycles. The number of hydrogen-bond donors (Lipinski definition) is 0. The van der Waals surface area contributed by atoms with E-state index in [1.807, 2.05) is 56.3 Å². The molecule has 3 nitrogen and oxygen atoms in total. The van der Waals surface area contributed by atoms with Crippen LogP contribution in [0.25, 0.3) is 22.2 Å². The molecule has 0 atom stereocenters. The Morgan fingerprint density at radius 1 is 0.818 bits per heavy atom. The van der Waals surface area contributed by atoms with Crippen molar-refractivity contribution < 1.29 is 9.47 Å². The highest BCUT2D eigenvalue weighted by Crippen LogP contribution is 2.30. The summed E-state index contributed by atoms with van der Waals surface area (Å²) in [6.45, 7) is 5.20. The van der Waals surface area contributed by atoms with Gasteiger partial charge in [0.25, 0.3) is 0 Å². The minimum absolute atomic E-state index is 0.625. The topological polar surface area (TPSA) is 31.4 Å². The summed E-state index contributed by atoms with van der Waals surface area (Å²) in [6, 6.07) is 18.1. The predicted octanol–water partition coefficient (Wildman–Crippen LogP) is 4.70. The molecule has 0 unspecified atom stereocenters. The van der Waals surface area contributed by atoms with Crippen LogP contribution in [-0.4, -0.2) is 18.2 Å². The largest absolute Gasteiger partial charge is 0.494 e. The van der Waals surface area contributed by atoms with Gasteiger partial charge in [-0.1, -0.05) is 24.3 Å². The lowest BCUT2D eigenvalue weighted by atomic mass is 10.1. The molecule has 0 N–H and O–H groups in total. The van der Waals surface area contributed by atoms with Crippen molar-refractivity contribution in [1.29, 1.82) is 0 Å². The Bertz CT molecular complexity index is 759. The van der Waals surface area contributed by atoms with Crippen LogP contribution in [0.2, 0.25) is 0 Å². The number of para-hydroxylation sites is 1. The fourth-order valence-corrected chi connectivity index (χ4v) is 2.45. The van der Waals surface area contributed by atoms with Crippen molar-refractivity contribution >= 4 is 10.9 Å². The molecule has 0 radical (unpaired) electrons. The summed E-state index contributed by atoms with van der Waals surface area (Å²) < 4.78 is 11.3. The van der Waals surface area contributed by atoms with Crippen molar-refractivity contribution in [2.24, 2.45) is 0 Å². The highest BCUT2D eigenvalue weighted by atomic mass is 16.5. The van der Waals surface area contributed by atoms with Crippen molar-refractivity contribution in [3.8, 4) is 22.8 Å². The van der Waals surface area contributed by atoms with Crippen LogP contribution in [0.15, 0.2) is 54.6 Å². The molecular formula is C19H19NO2. The van der Waals surface area contributed by atoms with E-state index in [0.29, 0.717) is 13.2 Å². The fraction of sp³-hybridized carbons (Fsp3) is 0.211. The lowest BCUT2D eigenvalue weighted by Crippen LogP contribution is -1.96. The third-order valence-corrected chi connectivity index (χ3v) is 3.40. The third kappa shape index (κ3) is 3.03. The van der Waals surface area contributed by atoms with Gasteiger partial charge in [-0.15, -0.1) is 0 Å². The Hall–Kier alpha value is -2.55. The number of aromatic nitrogens is 1. The molecule has 3 heteroatoms. The zero-order valence-corrected chi connectivity index (χ0v) is 12.9. The standard InChI is InChI=1S/C19H19NO2/c1-3-21-16-11-15(12-17(13-16)22-4-2)19-10-9-14-7-5-6-8-18(14)20-19/h5-13H,3-4H2,1-2H3. The molecule has 0 spiro atoms. The SMILES string of the molecule is CCOc1cc(OCC)cc(-c2ccc3ccccc3n2)c1. The summed E-state index contributed by atoms with van der Waals surface area (Å²) in [4.78, 5) is 4.74. The van der Waals surface area contributed by atoms with Crippen LogP contribution < -0.4 is 9.47 Å². The quantitative estimate of drug-likeness (QED) is 0.683. The van der Waals surface area contributed by atoms with E-state index in [4.69, 9.17) is 14.5 Å². The monoisotopic (exact) mass is 293 g/mol. The molecular weight excluding hydrogens is 274 g/mol. The summed E-state index contributed by atoms with van der Waals surface area (Å²) >= 11 is 0. The zero-order valence-electron chi connectivity index (χ0n) is 12.9. The summed E-state index contributed by atoms with van der Waals surface area (Å²) in [5, 5.41) is 1.14. The molecule has 1 aromatic heterocycles. The maximum atomic E-state index is 5.63. The molecule has 0 aliphatic carbocycles. The summed E-state index contributed by atoms with van der Waals surface area (Å²) in [6.07, 6.45) is 0. The Labute approximate surface area is 130 Å². The lowest BCUT2D eigenvalue weighted by Gasteiger charge is -2.11. The van der Waals surface area contributed by atoms with E-state index in [1.54, 1.807) is 0 Å². The molecule has 0 fully saturated rings. The summed E-state index contributed by atoms with van der Waals surface area (Å²) in [5.74, 6) is 1.61. The van der Waals surface area contributed by atoms with Gasteiger partial charge in [0.1, 0.15) is 11.5 Å². The first-order valence-electron chi connectivity index (χ1n) is 7.57. The number of fused-ring (bicyclic) bond motifs is 1. The minimum atomic E-state index is 0.625. The number of rotatable bonds is 5. The van der Waals surface area contributed by atoms with Gasteiger partial charge < -0.3 is 9.47 Å². The summed E-state index contributed by atoms with van der Waals surface area (Å²) in [7, 11) is 0. The van der Waals surface area contributed by atoms with E-state index < -0.39 is 0 Å². The van der Waals surface area contributed by atoms with Gasteiger partial charge in [0.05, 0.1) is 24.4 Å². The van der Waals surface area contributed by atoms with Gasteiger partial charge in [-0.05, 0) is 38.1 Å². The highest BCUT2D eigenvalue weighted by molar-refractivity contribution is 5.81. The normalized spacial score (nSPS) is 10.6. The Morgan fingerprint density at radius 2 is 1.50 bits per heavy atom. The van der Waals surface area contributed by atoms with Crippen LogP contribution in [-0.2, 0) is 0 Å². The molecule has 0 aliphatic heterocycles. The highest BCUT2D eigenvalue weighted by Gasteiger charge is 2.07. The maximum Gasteiger partial charge on any atom is 0.123 e. The lowest BCUT2D eigenvalue weighted by molar-refractivity contribution is 0.323. The van der Waals surface area contributed by atoms with Crippen molar-refractivity contribution in [3.05, 3.63) is 54.6 Å². The minimum Gasteiger partial charge on any atom is -0.494 e. The van der Waals surface area contributed by atoms with Crippen molar-refractivity contribution in [3.63, 3.8) is 0 Å². The molecule has 112 valence electrons. The molecule has 22 heavy (non-hydrogen) atoms. The predicted molar refractivity (Wildman–Crippen MR) is 89.5 cm³/mol. The third-order valence-electron chi connectivity index (χ3n) is 3.40. The number of pyridine rings is 1. The van der Waals surface area contributed by atoms with Crippen LogP contribution in [0.3, 0.4) is 0 Å². The van der Waals surface area contributed by atoms with E-state index in [2.05, 4.69) is 12.1 Å². The van der Waals surface area contributed by atoms with Crippen molar-refractivity contribution in [2.75, 3.05) is 13.2 Å². The molecule has 2 aromatic carbocycles. The second kappa shape index (κ2) is 6.48. The second-order valence-corrected chi connectivity index (χ2v) is 4.95. The van der Waals surface area contributed by atoms with E-state index in [0.717, 1.165) is 33.7 Å². The molecule has 0 saturated heterocycles. The van der Waals surface area contributed by atoms with Gasteiger partial charge in [0.15, 0.2) is 0 Å². The van der Waals surface area contributed by atoms with E-state index >= 15 is 0 Å². The Balaban J connectivity index is 2.07. The van der Waals surface area contributed by atoms with Gasteiger partial charge in [0.2, 0.25) is 0 Å². The average molecular weight is 293 g/mol. The van der Waals surface area contributed by atoms with Gasteiger partial charge in [-0.25, -0.2) is 4.98 Å². The van der Waals surface area contributed by atoms with Crippen molar-refractivity contribution in [2.45, 2.75) is 13.8 Å². The molecule has 3 rings (SSSR count). The fourth-order valence-electron chi connectivity index (χ4n) is 2.45. The Kier molecular flexibility index (Phi) is 4.24. The first-order chi connectivity index (χ1) is 10.8. The summed E-state index contributed by atoms with van der Waals surface area (Å²) in [5.41, 5.74) is 2.90. The van der Waals surface area contributed by atoms with E-state index in [-0.39, 0.29) is 0 Å². The first-order valence-corrected chi connectivity index (χ1v) is 7.57. The van der Waals surface area contributed by atoms with Crippen LogP contribution in [0, 0.1) is 0 Å². The number of hydrogen-bond acceptors (Lipinski definition) is 3. The number of nitrogens with zero attached hydrogens (tertiary/aromatic N) is 1. The van der Waals surface area contributed by atoms with Crippen LogP contribution in [0.5, 0.6) is 11.5 Å². The number of ether oxygens (including phenoxy) is 2. The second-order valence-electron chi connectivity index (χ2n) is 4.95. The van der Waals surface area contributed by atoms with Crippen LogP contribution in [0.1, 0.15) is 13.8 Å².